The number of nitro benzene ring substituents is 1. The van der Waals surface area contributed by atoms with E-state index < -0.39 is 10.5 Å². The van der Waals surface area contributed by atoms with Crippen molar-refractivity contribution < 1.29 is 9.66 Å². The third-order valence-electron chi connectivity index (χ3n) is 3.49. The van der Waals surface area contributed by atoms with E-state index >= 15 is 0 Å². The summed E-state index contributed by atoms with van der Waals surface area (Å²) in [6.45, 7) is 0.0904. The standard InChI is InChI=1S/C13H14BrN3O3/c1-16-13(7-15,9-2-3-9)8-20-12-5-4-10(14)6-11(12)17(18)19/h4-6,9,16H,2-3,8H2,1H3. The third kappa shape index (κ3) is 2.92. The second-order valence-corrected chi connectivity index (χ2v) is 5.68. The van der Waals surface area contributed by atoms with Gasteiger partial charge >= 0.3 is 5.69 Å². The second kappa shape index (κ2) is 5.77. The van der Waals surface area contributed by atoms with Gasteiger partial charge in [-0.1, -0.05) is 15.9 Å². The fraction of sp³-hybridized carbons (Fsp3) is 0.462. The molecule has 1 saturated carbocycles. The number of likely N-dealkylation sites (N-methyl/N-ethyl adjacent to an activating group) is 1. The van der Waals surface area contributed by atoms with Gasteiger partial charge in [0.2, 0.25) is 0 Å². The minimum Gasteiger partial charge on any atom is -0.484 e. The highest BCUT2D eigenvalue weighted by Gasteiger charge is 2.45. The van der Waals surface area contributed by atoms with Gasteiger partial charge in [0.25, 0.3) is 0 Å². The van der Waals surface area contributed by atoms with E-state index in [4.69, 9.17) is 4.74 Å². The molecule has 1 aliphatic rings. The van der Waals surface area contributed by atoms with Crippen LogP contribution in [-0.4, -0.2) is 24.1 Å². The van der Waals surface area contributed by atoms with Gasteiger partial charge in [-0.25, -0.2) is 0 Å². The van der Waals surface area contributed by atoms with E-state index in [2.05, 4.69) is 27.3 Å². The van der Waals surface area contributed by atoms with Gasteiger partial charge in [0.05, 0.1) is 11.0 Å². The zero-order chi connectivity index (χ0) is 14.8. The molecule has 1 N–H and O–H groups in total. The van der Waals surface area contributed by atoms with Crippen LogP contribution in [0.5, 0.6) is 5.75 Å². The number of nitro groups is 1. The van der Waals surface area contributed by atoms with Crippen LogP contribution >= 0.6 is 15.9 Å². The maximum atomic E-state index is 11.0. The van der Waals surface area contributed by atoms with Crippen molar-refractivity contribution in [1.29, 1.82) is 5.26 Å². The van der Waals surface area contributed by atoms with E-state index in [1.807, 2.05) is 0 Å². The molecule has 20 heavy (non-hydrogen) atoms. The molecule has 0 saturated heterocycles. The molecule has 7 heteroatoms. The van der Waals surface area contributed by atoms with Crippen LogP contribution in [0.4, 0.5) is 5.69 Å². The maximum Gasteiger partial charge on any atom is 0.312 e. The van der Waals surface area contributed by atoms with E-state index in [1.165, 1.54) is 12.1 Å². The Morgan fingerprint density at radius 3 is 2.85 bits per heavy atom. The van der Waals surface area contributed by atoms with Crippen LogP contribution in [0.15, 0.2) is 22.7 Å². The number of nitrogens with one attached hydrogen (secondary N) is 1. The number of nitrogens with zero attached hydrogens (tertiary/aromatic N) is 2. The average Bonchev–Trinajstić information content (AvgIpc) is 3.26. The van der Waals surface area contributed by atoms with Crippen LogP contribution in [0.3, 0.4) is 0 Å². The Hall–Kier alpha value is -1.65. The summed E-state index contributed by atoms with van der Waals surface area (Å²) in [5.41, 5.74) is -0.890. The molecule has 1 unspecified atom stereocenters. The molecule has 1 aromatic carbocycles. The molecule has 1 aliphatic carbocycles. The average molecular weight is 340 g/mol. The first-order valence-electron chi connectivity index (χ1n) is 6.19. The summed E-state index contributed by atoms with van der Waals surface area (Å²) >= 11 is 3.19. The van der Waals surface area contributed by atoms with Gasteiger partial charge in [-0.05, 0) is 37.9 Å². The van der Waals surface area contributed by atoms with Crippen molar-refractivity contribution in [2.45, 2.75) is 18.4 Å². The number of rotatable bonds is 6. The van der Waals surface area contributed by atoms with Gasteiger partial charge in [-0.15, -0.1) is 0 Å². The molecule has 0 spiro atoms. The van der Waals surface area contributed by atoms with Gasteiger partial charge < -0.3 is 4.74 Å². The Kier molecular flexibility index (Phi) is 4.26. The SMILES string of the molecule is CNC(C#N)(COc1ccc(Br)cc1[N+](=O)[O-])C1CC1. The Morgan fingerprint density at radius 2 is 2.35 bits per heavy atom. The lowest BCUT2D eigenvalue weighted by atomic mass is 9.96. The fourth-order valence-corrected chi connectivity index (χ4v) is 2.45. The number of benzene rings is 1. The van der Waals surface area contributed by atoms with Crippen LogP contribution in [0.2, 0.25) is 0 Å². The van der Waals surface area contributed by atoms with Crippen molar-refractivity contribution in [3.63, 3.8) is 0 Å². The number of nitriles is 1. The summed E-state index contributed by atoms with van der Waals surface area (Å²) in [6.07, 6.45) is 1.94. The molecule has 1 atom stereocenters. The van der Waals surface area contributed by atoms with Crippen LogP contribution < -0.4 is 10.1 Å². The minimum atomic E-state index is -0.777. The largest absolute Gasteiger partial charge is 0.484 e. The van der Waals surface area contributed by atoms with Crippen LogP contribution in [-0.2, 0) is 0 Å². The summed E-state index contributed by atoms with van der Waals surface area (Å²) in [5.74, 6) is 0.417. The normalized spacial score (nSPS) is 17.1. The van der Waals surface area contributed by atoms with Crippen molar-refractivity contribution >= 4 is 21.6 Å². The molecule has 2 rings (SSSR count). The van der Waals surface area contributed by atoms with Gasteiger partial charge in [-0.2, -0.15) is 5.26 Å². The molecular formula is C13H14BrN3O3. The van der Waals surface area contributed by atoms with E-state index in [-0.39, 0.29) is 24.0 Å². The molecular weight excluding hydrogens is 326 g/mol. The predicted molar refractivity (Wildman–Crippen MR) is 76.4 cm³/mol. The highest BCUT2D eigenvalue weighted by atomic mass is 79.9. The summed E-state index contributed by atoms with van der Waals surface area (Å²) in [4.78, 5) is 10.5. The molecule has 1 fully saturated rings. The van der Waals surface area contributed by atoms with Crippen LogP contribution in [0.25, 0.3) is 0 Å². The maximum absolute atomic E-state index is 11.0. The lowest BCUT2D eigenvalue weighted by Crippen LogP contribution is -2.49. The highest BCUT2D eigenvalue weighted by molar-refractivity contribution is 9.10. The lowest BCUT2D eigenvalue weighted by Gasteiger charge is -2.25. The number of halogens is 1. The minimum absolute atomic E-state index is 0.0904. The van der Waals surface area contributed by atoms with E-state index in [0.29, 0.717) is 4.47 Å². The number of hydrogen-bond donors (Lipinski definition) is 1. The molecule has 106 valence electrons. The summed E-state index contributed by atoms with van der Waals surface area (Å²) in [5, 5.41) is 23.4. The highest BCUT2D eigenvalue weighted by Crippen LogP contribution is 2.40. The Labute approximate surface area is 125 Å². The van der Waals surface area contributed by atoms with Crippen LogP contribution in [0.1, 0.15) is 12.8 Å². The predicted octanol–water partition coefficient (Wildman–Crippen LogP) is 2.63. The zero-order valence-electron chi connectivity index (χ0n) is 10.9. The van der Waals surface area contributed by atoms with E-state index in [9.17, 15) is 15.4 Å². The van der Waals surface area contributed by atoms with E-state index in [1.54, 1.807) is 13.1 Å². The molecule has 0 aromatic heterocycles. The Morgan fingerprint density at radius 1 is 1.65 bits per heavy atom. The van der Waals surface area contributed by atoms with Crippen LogP contribution in [0, 0.1) is 27.4 Å². The molecule has 0 amide bonds. The van der Waals surface area contributed by atoms with Gasteiger partial charge in [0.15, 0.2) is 5.75 Å². The molecule has 1 aromatic rings. The molecule has 0 bridgehead atoms. The van der Waals surface area contributed by atoms with Gasteiger partial charge in [-0.3, -0.25) is 15.4 Å². The summed E-state index contributed by atoms with van der Waals surface area (Å²) < 4.78 is 6.16. The second-order valence-electron chi connectivity index (χ2n) is 4.77. The lowest BCUT2D eigenvalue weighted by molar-refractivity contribution is -0.386. The first-order chi connectivity index (χ1) is 9.52. The smallest absolute Gasteiger partial charge is 0.312 e. The van der Waals surface area contributed by atoms with Crippen molar-refractivity contribution in [2.24, 2.45) is 5.92 Å². The Balaban J connectivity index is 2.18. The van der Waals surface area contributed by atoms with Crippen molar-refractivity contribution in [3.8, 4) is 11.8 Å². The number of ether oxygens (including phenoxy) is 1. The van der Waals surface area contributed by atoms with Crippen molar-refractivity contribution in [1.82, 2.24) is 5.32 Å². The van der Waals surface area contributed by atoms with Gasteiger partial charge in [0, 0.05) is 10.5 Å². The van der Waals surface area contributed by atoms with Crippen molar-refractivity contribution in [3.05, 3.63) is 32.8 Å². The summed E-state index contributed by atoms with van der Waals surface area (Å²) in [6, 6.07) is 6.84. The quantitative estimate of drug-likeness (QED) is 0.635. The fourth-order valence-electron chi connectivity index (χ4n) is 2.10. The topological polar surface area (TPSA) is 88.2 Å². The molecule has 0 heterocycles. The van der Waals surface area contributed by atoms with Gasteiger partial charge in [0.1, 0.15) is 12.1 Å². The molecule has 0 radical (unpaired) electrons. The van der Waals surface area contributed by atoms with E-state index in [0.717, 1.165) is 12.8 Å². The first-order valence-corrected chi connectivity index (χ1v) is 6.98. The molecule has 6 nitrogen and oxygen atoms in total. The molecule has 0 aliphatic heterocycles. The summed E-state index contributed by atoms with van der Waals surface area (Å²) in [7, 11) is 1.71. The van der Waals surface area contributed by atoms with Crippen molar-refractivity contribution in [2.75, 3.05) is 13.7 Å². The monoisotopic (exact) mass is 339 g/mol. The Bertz CT molecular complexity index is 568. The first kappa shape index (κ1) is 14.8. The third-order valence-corrected chi connectivity index (χ3v) is 3.99. The number of hydrogen-bond acceptors (Lipinski definition) is 5. The zero-order valence-corrected chi connectivity index (χ0v) is 12.5.